The number of carbonyl (C=O) groups excluding carboxylic acids is 2. The van der Waals surface area contributed by atoms with Gasteiger partial charge in [-0.2, -0.15) is 0 Å². The molecule has 1 heterocycles. The molecule has 0 radical (unpaired) electrons. The van der Waals surface area contributed by atoms with Gasteiger partial charge in [-0.1, -0.05) is 25.3 Å². The standard InChI is InChI=1S/C18H30N2O4/c1-3-12-24-15-10-7-11-20(13-15)18(22)19-16(17(21)23-2)14-8-5-4-6-9-14/h3,14-16H,1,4-13H2,2H3,(H,19,22)/t15-,16-/m0/s1. The zero-order valence-corrected chi connectivity index (χ0v) is 14.7. The van der Waals surface area contributed by atoms with Crippen LogP contribution < -0.4 is 5.32 Å². The molecule has 2 atom stereocenters. The van der Waals surface area contributed by atoms with Crippen LogP contribution in [0.1, 0.15) is 44.9 Å². The van der Waals surface area contributed by atoms with Crippen molar-refractivity contribution in [3.05, 3.63) is 12.7 Å². The predicted molar refractivity (Wildman–Crippen MR) is 91.7 cm³/mol. The van der Waals surface area contributed by atoms with Crippen LogP contribution in [-0.2, 0) is 14.3 Å². The summed E-state index contributed by atoms with van der Waals surface area (Å²) in [6, 6.07) is -0.736. The van der Waals surface area contributed by atoms with Crippen molar-refractivity contribution < 1.29 is 19.1 Å². The molecule has 2 amide bonds. The molecule has 1 aliphatic carbocycles. The molecule has 0 bridgehead atoms. The van der Waals surface area contributed by atoms with E-state index in [0.29, 0.717) is 19.7 Å². The Kier molecular flexibility index (Phi) is 7.56. The normalized spacial score (nSPS) is 23.4. The van der Waals surface area contributed by atoms with Gasteiger partial charge in [0.25, 0.3) is 0 Å². The number of rotatable bonds is 6. The lowest BCUT2D eigenvalue weighted by Crippen LogP contribution is -2.54. The van der Waals surface area contributed by atoms with Gasteiger partial charge in [0.2, 0.25) is 0 Å². The molecule has 2 fully saturated rings. The lowest BCUT2D eigenvalue weighted by Gasteiger charge is -2.35. The van der Waals surface area contributed by atoms with Gasteiger partial charge in [0.05, 0.1) is 19.8 Å². The molecule has 0 aromatic heterocycles. The van der Waals surface area contributed by atoms with Gasteiger partial charge in [-0.15, -0.1) is 6.58 Å². The molecule has 0 aromatic carbocycles. The molecule has 2 aliphatic rings. The third kappa shape index (κ3) is 5.23. The molecular formula is C18H30N2O4. The quantitative estimate of drug-likeness (QED) is 0.597. The highest BCUT2D eigenvalue weighted by Gasteiger charge is 2.34. The van der Waals surface area contributed by atoms with Crippen molar-refractivity contribution in [1.82, 2.24) is 10.2 Å². The smallest absolute Gasteiger partial charge is 0.328 e. The van der Waals surface area contributed by atoms with Gasteiger partial charge in [-0.25, -0.2) is 9.59 Å². The summed E-state index contributed by atoms with van der Waals surface area (Å²) >= 11 is 0. The first-order chi connectivity index (χ1) is 11.7. The van der Waals surface area contributed by atoms with Crippen LogP contribution in [0.5, 0.6) is 0 Å². The summed E-state index contributed by atoms with van der Waals surface area (Å²) in [5, 5.41) is 2.92. The number of ether oxygens (including phenoxy) is 2. The number of nitrogens with one attached hydrogen (secondary N) is 1. The number of piperidine rings is 1. The van der Waals surface area contributed by atoms with Crippen LogP contribution in [0.4, 0.5) is 4.79 Å². The van der Waals surface area contributed by atoms with Gasteiger partial charge in [0.1, 0.15) is 6.04 Å². The summed E-state index contributed by atoms with van der Waals surface area (Å²) in [6.07, 6.45) is 8.94. The molecule has 0 spiro atoms. The Balaban J connectivity index is 1.93. The Morgan fingerprint density at radius 2 is 2.00 bits per heavy atom. The second-order valence-corrected chi connectivity index (χ2v) is 6.68. The summed E-state index contributed by atoms with van der Waals surface area (Å²) in [5.41, 5.74) is 0. The molecule has 1 aliphatic heterocycles. The van der Waals surface area contributed by atoms with E-state index in [-0.39, 0.29) is 24.0 Å². The van der Waals surface area contributed by atoms with E-state index >= 15 is 0 Å². The van der Waals surface area contributed by atoms with Crippen molar-refractivity contribution in [3.63, 3.8) is 0 Å². The van der Waals surface area contributed by atoms with Gasteiger partial charge in [0, 0.05) is 13.1 Å². The number of hydrogen-bond donors (Lipinski definition) is 1. The zero-order valence-electron chi connectivity index (χ0n) is 14.7. The van der Waals surface area contributed by atoms with Gasteiger partial charge < -0.3 is 19.7 Å². The summed E-state index contributed by atoms with van der Waals surface area (Å²) < 4.78 is 10.6. The van der Waals surface area contributed by atoms with Crippen LogP contribution in [0, 0.1) is 5.92 Å². The molecule has 24 heavy (non-hydrogen) atoms. The second kappa shape index (κ2) is 9.67. The van der Waals surface area contributed by atoms with E-state index in [1.165, 1.54) is 13.5 Å². The third-order valence-corrected chi connectivity index (χ3v) is 4.97. The fourth-order valence-electron chi connectivity index (χ4n) is 3.65. The second-order valence-electron chi connectivity index (χ2n) is 6.68. The van der Waals surface area contributed by atoms with E-state index in [1.54, 1.807) is 11.0 Å². The topological polar surface area (TPSA) is 67.9 Å². The minimum absolute atomic E-state index is 0.0359. The number of carbonyl (C=O) groups is 2. The maximum atomic E-state index is 12.6. The highest BCUT2D eigenvalue weighted by molar-refractivity contribution is 5.84. The number of esters is 1. The summed E-state index contributed by atoms with van der Waals surface area (Å²) in [4.78, 5) is 26.5. The van der Waals surface area contributed by atoms with Crippen molar-refractivity contribution in [2.75, 3.05) is 26.8 Å². The molecule has 0 aromatic rings. The fraction of sp³-hybridized carbons (Fsp3) is 0.778. The van der Waals surface area contributed by atoms with E-state index in [9.17, 15) is 9.59 Å². The van der Waals surface area contributed by atoms with Gasteiger partial charge >= 0.3 is 12.0 Å². The molecule has 0 unspecified atom stereocenters. The number of hydrogen-bond acceptors (Lipinski definition) is 4. The van der Waals surface area contributed by atoms with Crippen molar-refractivity contribution in [2.45, 2.75) is 57.1 Å². The minimum atomic E-state index is -0.544. The van der Waals surface area contributed by atoms with Crippen LogP contribution in [0.15, 0.2) is 12.7 Å². The Morgan fingerprint density at radius 1 is 1.25 bits per heavy atom. The number of methoxy groups -OCH3 is 1. The van der Waals surface area contributed by atoms with Gasteiger partial charge in [-0.05, 0) is 31.6 Å². The van der Waals surface area contributed by atoms with Crippen LogP contribution in [0.3, 0.4) is 0 Å². The van der Waals surface area contributed by atoms with E-state index in [0.717, 1.165) is 38.5 Å². The number of urea groups is 1. The lowest BCUT2D eigenvalue weighted by molar-refractivity contribution is -0.144. The summed E-state index contributed by atoms with van der Waals surface area (Å²) in [5.74, 6) is -0.167. The van der Waals surface area contributed by atoms with Gasteiger partial charge in [-0.3, -0.25) is 0 Å². The van der Waals surface area contributed by atoms with Crippen LogP contribution in [0.25, 0.3) is 0 Å². The summed E-state index contributed by atoms with van der Waals surface area (Å²) in [6.45, 7) is 5.39. The SMILES string of the molecule is C=CCO[C@H]1CCCN(C(=O)N[C@H](C(=O)OC)C2CCCCC2)C1. The van der Waals surface area contributed by atoms with E-state index in [1.807, 2.05) is 0 Å². The largest absolute Gasteiger partial charge is 0.467 e. The average Bonchev–Trinajstić information content (AvgIpc) is 2.64. The Morgan fingerprint density at radius 3 is 2.67 bits per heavy atom. The third-order valence-electron chi connectivity index (χ3n) is 4.97. The maximum Gasteiger partial charge on any atom is 0.328 e. The molecule has 2 rings (SSSR count). The molecule has 1 saturated heterocycles. The van der Waals surface area contributed by atoms with Crippen molar-refractivity contribution in [1.29, 1.82) is 0 Å². The van der Waals surface area contributed by atoms with E-state index < -0.39 is 6.04 Å². The molecule has 136 valence electrons. The number of nitrogens with zero attached hydrogens (tertiary/aromatic N) is 1. The zero-order chi connectivity index (χ0) is 17.4. The summed E-state index contributed by atoms with van der Waals surface area (Å²) in [7, 11) is 1.38. The van der Waals surface area contributed by atoms with E-state index in [2.05, 4.69) is 11.9 Å². The number of amides is 2. The van der Waals surface area contributed by atoms with Gasteiger partial charge in [0.15, 0.2) is 0 Å². The van der Waals surface area contributed by atoms with Crippen LogP contribution in [0.2, 0.25) is 0 Å². The first-order valence-corrected chi connectivity index (χ1v) is 9.01. The monoisotopic (exact) mass is 338 g/mol. The number of likely N-dealkylation sites (tertiary alicyclic amines) is 1. The molecule has 6 nitrogen and oxygen atoms in total. The highest BCUT2D eigenvalue weighted by atomic mass is 16.5. The highest BCUT2D eigenvalue weighted by Crippen LogP contribution is 2.27. The predicted octanol–water partition coefficient (Wildman–Crippen LogP) is 2.48. The van der Waals surface area contributed by atoms with Crippen molar-refractivity contribution in [2.24, 2.45) is 5.92 Å². The Labute approximate surface area is 144 Å². The Bertz CT molecular complexity index is 435. The first-order valence-electron chi connectivity index (χ1n) is 9.01. The maximum absolute atomic E-state index is 12.6. The average molecular weight is 338 g/mol. The van der Waals surface area contributed by atoms with Crippen molar-refractivity contribution >= 4 is 12.0 Å². The lowest BCUT2D eigenvalue weighted by atomic mass is 9.84. The Hall–Kier alpha value is -1.56. The molecule has 1 saturated carbocycles. The molecule has 1 N–H and O–H groups in total. The van der Waals surface area contributed by atoms with E-state index in [4.69, 9.17) is 9.47 Å². The molecular weight excluding hydrogens is 308 g/mol. The van der Waals surface area contributed by atoms with Crippen LogP contribution >= 0.6 is 0 Å². The molecule has 6 heteroatoms. The minimum Gasteiger partial charge on any atom is -0.467 e. The fourth-order valence-corrected chi connectivity index (χ4v) is 3.65. The van der Waals surface area contributed by atoms with Crippen LogP contribution in [-0.4, -0.2) is 55.9 Å². The van der Waals surface area contributed by atoms with Crippen molar-refractivity contribution in [3.8, 4) is 0 Å². The first kappa shape index (κ1) is 18.8.